The second-order valence-corrected chi connectivity index (χ2v) is 6.76. The Kier molecular flexibility index (Phi) is 5.72. The normalized spacial score (nSPS) is 13.2. The number of anilines is 1. The van der Waals surface area contributed by atoms with Crippen molar-refractivity contribution in [3.63, 3.8) is 0 Å². The molecular formula is C22H24FN2O2+. The minimum absolute atomic E-state index is 0.0724. The van der Waals surface area contributed by atoms with Crippen LogP contribution < -0.4 is 15.0 Å². The molecule has 27 heavy (non-hydrogen) atoms. The Bertz CT molecular complexity index is 958. The van der Waals surface area contributed by atoms with Crippen molar-refractivity contribution < 1.29 is 18.8 Å². The van der Waals surface area contributed by atoms with Gasteiger partial charge in [-0.2, -0.15) is 0 Å². The van der Waals surface area contributed by atoms with E-state index in [9.17, 15) is 9.18 Å². The smallest absolute Gasteiger partial charge is 0.282 e. The summed E-state index contributed by atoms with van der Waals surface area (Å²) in [6, 6.07) is 18.5. The predicted octanol–water partition coefficient (Wildman–Crippen LogP) is 3.03. The SMILES string of the molecule is COc1ccc(C[NH+](C)[C@H](C)C(=O)Nc2ccc3ccccc3c2)cc1F. The number of fused-ring (bicyclic) bond motifs is 1. The average Bonchev–Trinajstić information content (AvgIpc) is 2.67. The molecule has 0 fully saturated rings. The zero-order valence-corrected chi connectivity index (χ0v) is 15.8. The molecule has 0 bridgehead atoms. The van der Waals surface area contributed by atoms with Crippen molar-refractivity contribution in [2.45, 2.75) is 19.5 Å². The van der Waals surface area contributed by atoms with Crippen LogP contribution in [-0.2, 0) is 11.3 Å². The Morgan fingerprint density at radius 2 is 1.85 bits per heavy atom. The molecule has 0 aliphatic heterocycles. The number of nitrogens with one attached hydrogen (secondary N) is 2. The van der Waals surface area contributed by atoms with E-state index >= 15 is 0 Å². The van der Waals surface area contributed by atoms with Crippen LogP contribution in [0, 0.1) is 5.82 Å². The zero-order valence-electron chi connectivity index (χ0n) is 15.8. The molecule has 0 saturated carbocycles. The van der Waals surface area contributed by atoms with Gasteiger partial charge in [-0.1, -0.05) is 30.3 Å². The molecule has 0 spiro atoms. The van der Waals surface area contributed by atoms with Crippen LogP contribution in [0.1, 0.15) is 12.5 Å². The molecule has 1 unspecified atom stereocenters. The lowest BCUT2D eigenvalue weighted by molar-refractivity contribution is -0.907. The number of benzene rings is 3. The van der Waals surface area contributed by atoms with E-state index in [1.807, 2.05) is 62.5 Å². The van der Waals surface area contributed by atoms with Crippen LogP contribution in [0.15, 0.2) is 60.7 Å². The first-order valence-electron chi connectivity index (χ1n) is 8.92. The lowest BCUT2D eigenvalue weighted by Crippen LogP contribution is -3.12. The van der Waals surface area contributed by atoms with Crippen LogP contribution in [-0.4, -0.2) is 26.1 Å². The van der Waals surface area contributed by atoms with E-state index in [4.69, 9.17) is 4.74 Å². The van der Waals surface area contributed by atoms with Gasteiger partial charge < -0.3 is 15.0 Å². The Labute approximate surface area is 158 Å². The van der Waals surface area contributed by atoms with Gasteiger partial charge >= 0.3 is 0 Å². The molecule has 3 aromatic carbocycles. The van der Waals surface area contributed by atoms with Gasteiger partial charge in [0.25, 0.3) is 5.91 Å². The molecule has 140 valence electrons. The molecular weight excluding hydrogens is 343 g/mol. The number of amides is 1. The maximum absolute atomic E-state index is 13.9. The maximum Gasteiger partial charge on any atom is 0.282 e. The van der Waals surface area contributed by atoms with Gasteiger partial charge in [0.15, 0.2) is 17.6 Å². The summed E-state index contributed by atoms with van der Waals surface area (Å²) in [5.74, 6) is -0.244. The van der Waals surface area contributed by atoms with E-state index in [1.165, 1.54) is 13.2 Å². The quantitative estimate of drug-likeness (QED) is 0.703. The van der Waals surface area contributed by atoms with E-state index in [1.54, 1.807) is 6.07 Å². The molecule has 2 N–H and O–H groups in total. The topological polar surface area (TPSA) is 42.8 Å². The molecule has 0 aliphatic carbocycles. The first kappa shape index (κ1) is 18.9. The van der Waals surface area contributed by atoms with Crippen LogP contribution in [0.2, 0.25) is 0 Å². The van der Waals surface area contributed by atoms with E-state index in [-0.39, 0.29) is 17.7 Å². The number of quaternary nitrogens is 1. The van der Waals surface area contributed by atoms with E-state index in [0.29, 0.717) is 6.54 Å². The van der Waals surface area contributed by atoms with E-state index in [0.717, 1.165) is 26.9 Å². The van der Waals surface area contributed by atoms with Gasteiger partial charge in [-0.05, 0) is 48.0 Å². The molecule has 0 radical (unpaired) electrons. The van der Waals surface area contributed by atoms with Crippen molar-refractivity contribution in [2.24, 2.45) is 0 Å². The minimum Gasteiger partial charge on any atom is -0.494 e. The summed E-state index contributed by atoms with van der Waals surface area (Å²) in [7, 11) is 3.36. The van der Waals surface area contributed by atoms with Crippen molar-refractivity contribution in [2.75, 3.05) is 19.5 Å². The van der Waals surface area contributed by atoms with Crippen LogP contribution in [0.25, 0.3) is 10.8 Å². The number of hydrogen-bond acceptors (Lipinski definition) is 2. The van der Waals surface area contributed by atoms with Crippen LogP contribution in [0.4, 0.5) is 10.1 Å². The number of rotatable bonds is 6. The number of hydrogen-bond donors (Lipinski definition) is 2. The Hall–Kier alpha value is -2.92. The van der Waals surface area contributed by atoms with Gasteiger partial charge in [0.1, 0.15) is 6.54 Å². The molecule has 0 aliphatic rings. The first-order chi connectivity index (χ1) is 13.0. The summed E-state index contributed by atoms with van der Waals surface area (Å²) in [6.45, 7) is 2.40. The van der Waals surface area contributed by atoms with Gasteiger partial charge in [0.2, 0.25) is 0 Å². The van der Waals surface area contributed by atoms with Gasteiger partial charge in [-0.3, -0.25) is 4.79 Å². The summed E-state index contributed by atoms with van der Waals surface area (Å²) in [6.07, 6.45) is 0. The van der Waals surface area contributed by atoms with Crippen LogP contribution >= 0.6 is 0 Å². The molecule has 0 aromatic heterocycles. The highest BCUT2D eigenvalue weighted by Gasteiger charge is 2.22. The zero-order chi connectivity index (χ0) is 19.4. The first-order valence-corrected chi connectivity index (χ1v) is 8.92. The number of likely N-dealkylation sites (N-methyl/N-ethyl adjacent to an activating group) is 1. The van der Waals surface area contributed by atoms with Gasteiger partial charge in [0, 0.05) is 11.3 Å². The molecule has 4 nitrogen and oxygen atoms in total. The number of halogens is 1. The monoisotopic (exact) mass is 367 g/mol. The van der Waals surface area contributed by atoms with Gasteiger partial charge in [-0.25, -0.2) is 4.39 Å². The molecule has 5 heteroatoms. The van der Waals surface area contributed by atoms with Crippen molar-refractivity contribution in [3.05, 3.63) is 72.0 Å². The fourth-order valence-electron chi connectivity index (χ4n) is 3.04. The summed E-state index contributed by atoms with van der Waals surface area (Å²) >= 11 is 0. The lowest BCUT2D eigenvalue weighted by atomic mass is 10.1. The number of ether oxygens (including phenoxy) is 1. The lowest BCUT2D eigenvalue weighted by Gasteiger charge is -2.21. The number of carbonyl (C=O) groups excluding carboxylic acids is 1. The summed E-state index contributed by atoms with van der Waals surface area (Å²) in [4.78, 5) is 13.6. The summed E-state index contributed by atoms with van der Waals surface area (Å²) in [5, 5.41) is 5.19. The standard InChI is InChI=1S/C22H23FN2O2/c1-15(25(2)14-16-8-11-21(27-3)20(23)12-16)22(26)24-19-10-9-17-6-4-5-7-18(17)13-19/h4-13,15H,14H2,1-3H3,(H,24,26)/p+1/t15-/m1/s1. The fraction of sp³-hybridized carbons (Fsp3) is 0.227. The second-order valence-electron chi connectivity index (χ2n) is 6.76. The summed E-state index contributed by atoms with van der Waals surface area (Å²) < 4.78 is 18.8. The van der Waals surface area contributed by atoms with Crippen molar-refractivity contribution >= 4 is 22.4 Å². The Balaban J connectivity index is 1.65. The van der Waals surface area contributed by atoms with Gasteiger partial charge in [-0.15, -0.1) is 0 Å². The van der Waals surface area contributed by atoms with E-state index in [2.05, 4.69) is 5.32 Å². The third-order valence-corrected chi connectivity index (χ3v) is 4.85. The molecule has 0 saturated heterocycles. The molecule has 3 aromatic rings. The average molecular weight is 367 g/mol. The Morgan fingerprint density at radius 3 is 2.56 bits per heavy atom. The third-order valence-electron chi connectivity index (χ3n) is 4.85. The van der Waals surface area contributed by atoms with Gasteiger partial charge in [0.05, 0.1) is 14.2 Å². The largest absolute Gasteiger partial charge is 0.494 e. The summed E-state index contributed by atoms with van der Waals surface area (Å²) in [5.41, 5.74) is 1.59. The van der Waals surface area contributed by atoms with Crippen molar-refractivity contribution in [1.82, 2.24) is 0 Å². The second kappa shape index (κ2) is 8.18. The fourth-order valence-corrected chi connectivity index (χ4v) is 3.04. The minimum atomic E-state index is -0.393. The van der Waals surface area contributed by atoms with Crippen LogP contribution in [0.3, 0.4) is 0 Å². The van der Waals surface area contributed by atoms with E-state index < -0.39 is 5.82 Å². The van der Waals surface area contributed by atoms with Crippen molar-refractivity contribution in [1.29, 1.82) is 0 Å². The highest BCUT2D eigenvalue weighted by Crippen LogP contribution is 2.19. The third kappa shape index (κ3) is 4.44. The maximum atomic E-state index is 13.9. The number of carbonyl (C=O) groups is 1. The molecule has 3 rings (SSSR count). The molecule has 2 atom stereocenters. The molecule has 1 amide bonds. The van der Waals surface area contributed by atoms with Crippen LogP contribution in [0.5, 0.6) is 5.75 Å². The number of methoxy groups -OCH3 is 1. The van der Waals surface area contributed by atoms with Crippen molar-refractivity contribution in [3.8, 4) is 5.75 Å². The Morgan fingerprint density at radius 1 is 1.11 bits per heavy atom. The predicted molar refractivity (Wildman–Crippen MR) is 106 cm³/mol. The highest BCUT2D eigenvalue weighted by molar-refractivity contribution is 5.96. The molecule has 0 heterocycles. The highest BCUT2D eigenvalue weighted by atomic mass is 19.1.